The number of cyclic esters (lactones) is 1. The lowest BCUT2D eigenvalue weighted by Gasteiger charge is -2.32. The Balaban J connectivity index is 2.24. The van der Waals surface area contributed by atoms with Gasteiger partial charge >= 0.3 is 6.09 Å². The van der Waals surface area contributed by atoms with Crippen molar-refractivity contribution in [1.29, 1.82) is 0 Å². The average molecular weight is 298 g/mol. The van der Waals surface area contributed by atoms with Crippen molar-refractivity contribution in [2.24, 2.45) is 0 Å². The number of amides is 1. The summed E-state index contributed by atoms with van der Waals surface area (Å²) in [5.41, 5.74) is 1.94. The number of hydrogen-bond donors (Lipinski definition) is 2. The van der Waals surface area contributed by atoms with Gasteiger partial charge in [-0.25, -0.2) is 17.9 Å². The highest BCUT2D eigenvalue weighted by Crippen LogP contribution is 2.22. The Hall–Kier alpha value is -1.60. The second-order valence-corrected chi connectivity index (χ2v) is 6.80. The Kier molecular flexibility index (Phi) is 4.29. The van der Waals surface area contributed by atoms with Crippen molar-refractivity contribution in [3.8, 4) is 0 Å². The fourth-order valence-corrected chi connectivity index (χ4v) is 2.87. The van der Waals surface area contributed by atoms with Gasteiger partial charge in [0.25, 0.3) is 0 Å². The highest BCUT2D eigenvalue weighted by Gasteiger charge is 2.33. The molecule has 2 N–H and O–H groups in total. The van der Waals surface area contributed by atoms with E-state index in [1.807, 2.05) is 31.2 Å². The second-order valence-electron chi connectivity index (χ2n) is 4.76. The van der Waals surface area contributed by atoms with Gasteiger partial charge in [0, 0.05) is 0 Å². The molecule has 0 spiro atoms. The Morgan fingerprint density at radius 3 is 2.60 bits per heavy atom. The molecule has 0 aliphatic carbocycles. The van der Waals surface area contributed by atoms with E-state index < -0.39 is 28.2 Å². The van der Waals surface area contributed by atoms with Crippen LogP contribution in [0.25, 0.3) is 0 Å². The molecule has 1 heterocycles. The van der Waals surface area contributed by atoms with Crippen LogP contribution in [-0.4, -0.2) is 32.9 Å². The molecule has 1 aromatic carbocycles. The molecule has 1 aromatic rings. The maximum absolute atomic E-state index is 11.7. The minimum absolute atomic E-state index is 0.0158. The number of carbonyl (C=O) groups excluding carboxylic acids is 1. The fraction of sp³-hybridized carbons (Fsp3) is 0.462. The normalized spacial score (nSPS) is 23.0. The Morgan fingerprint density at radius 1 is 1.35 bits per heavy atom. The zero-order chi connectivity index (χ0) is 14.8. The number of nitrogens with one attached hydrogen (secondary N) is 2. The van der Waals surface area contributed by atoms with Crippen LogP contribution in [0.2, 0.25) is 0 Å². The first-order valence-corrected chi connectivity index (χ1v) is 8.06. The first-order chi connectivity index (χ1) is 9.41. The lowest BCUT2D eigenvalue weighted by Crippen LogP contribution is -2.53. The summed E-state index contributed by atoms with van der Waals surface area (Å²) >= 11 is 0. The van der Waals surface area contributed by atoms with Crippen LogP contribution in [0, 0.1) is 6.92 Å². The topological polar surface area (TPSA) is 84.5 Å². The van der Waals surface area contributed by atoms with Crippen LogP contribution in [0.15, 0.2) is 24.3 Å². The standard InChI is InChI=1S/C13H18N2O4S/c1-3-20(17,18)15-11-8-19-13(16)14-12(11)10-6-4-9(2)5-7-10/h4-7,11-12,15H,3,8H2,1-2H3,(H,14,16). The van der Waals surface area contributed by atoms with Crippen molar-refractivity contribution >= 4 is 16.1 Å². The summed E-state index contributed by atoms with van der Waals surface area (Å²) in [6.07, 6.45) is -0.539. The van der Waals surface area contributed by atoms with Gasteiger partial charge in [-0.3, -0.25) is 0 Å². The molecule has 110 valence electrons. The predicted molar refractivity (Wildman–Crippen MR) is 74.8 cm³/mol. The summed E-state index contributed by atoms with van der Waals surface area (Å²) in [4.78, 5) is 11.4. The van der Waals surface area contributed by atoms with Crippen LogP contribution in [0.4, 0.5) is 4.79 Å². The zero-order valence-corrected chi connectivity index (χ0v) is 12.2. The molecule has 1 amide bonds. The molecule has 1 fully saturated rings. The Labute approximate surface area is 118 Å². The molecule has 20 heavy (non-hydrogen) atoms. The third kappa shape index (κ3) is 3.49. The van der Waals surface area contributed by atoms with Crippen molar-refractivity contribution in [2.75, 3.05) is 12.4 Å². The van der Waals surface area contributed by atoms with E-state index in [0.717, 1.165) is 11.1 Å². The number of hydrogen-bond acceptors (Lipinski definition) is 4. The monoisotopic (exact) mass is 298 g/mol. The van der Waals surface area contributed by atoms with E-state index in [1.54, 1.807) is 6.92 Å². The summed E-state index contributed by atoms with van der Waals surface area (Å²) in [7, 11) is -3.37. The van der Waals surface area contributed by atoms with Crippen LogP contribution in [0.5, 0.6) is 0 Å². The maximum atomic E-state index is 11.7. The number of ether oxygens (including phenoxy) is 1. The molecule has 2 rings (SSSR count). The zero-order valence-electron chi connectivity index (χ0n) is 11.4. The average Bonchev–Trinajstić information content (AvgIpc) is 2.42. The fourth-order valence-electron chi connectivity index (χ4n) is 2.04. The van der Waals surface area contributed by atoms with E-state index in [9.17, 15) is 13.2 Å². The SMILES string of the molecule is CCS(=O)(=O)NC1COC(=O)NC1c1ccc(C)cc1. The van der Waals surface area contributed by atoms with Gasteiger partial charge in [-0.2, -0.15) is 0 Å². The van der Waals surface area contributed by atoms with Gasteiger partial charge in [0.15, 0.2) is 0 Å². The summed E-state index contributed by atoms with van der Waals surface area (Å²) in [6, 6.07) is 6.64. The molecule has 1 aliphatic heterocycles. The molecular weight excluding hydrogens is 280 g/mol. The summed E-state index contributed by atoms with van der Waals surface area (Å²) < 4.78 is 30.8. The van der Waals surface area contributed by atoms with Gasteiger partial charge in [0.1, 0.15) is 6.61 Å². The lowest BCUT2D eigenvalue weighted by molar-refractivity contribution is 0.0997. The molecule has 7 heteroatoms. The Morgan fingerprint density at radius 2 is 2.00 bits per heavy atom. The van der Waals surface area contributed by atoms with Gasteiger partial charge in [0.05, 0.1) is 17.8 Å². The number of sulfonamides is 1. The molecule has 1 saturated heterocycles. The summed E-state index contributed by atoms with van der Waals surface area (Å²) in [5.74, 6) is -0.0158. The number of benzene rings is 1. The van der Waals surface area contributed by atoms with E-state index in [0.29, 0.717) is 0 Å². The predicted octanol–water partition coefficient (Wildman–Crippen LogP) is 1.08. The number of rotatable bonds is 4. The first-order valence-electron chi connectivity index (χ1n) is 6.41. The number of alkyl carbamates (subject to hydrolysis) is 1. The molecule has 0 aromatic heterocycles. The van der Waals surface area contributed by atoms with E-state index in [2.05, 4.69) is 10.0 Å². The minimum atomic E-state index is -3.37. The van der Waals surface area contributed by atoms with Crippen molar-refractivity contribution in [2.45, 2.75) is 25.9 Å². The van der Waals surface area contributed by atoms with E-state index >= 15 is 0 Å². The molecule has 0 radical (unpaired) electrons. The highest BCUT2D eigenvalue weighted by molar-refractivity contribution is 7.89. The largest absolute Gasteiger partial charge is 0.448 e. The lowest BCUT2D eigenvalue weighted by atomic mass is 9.99. The number of carbonyl (C=O) groups is 1. The van der Waals surface area contributed by atoms with Gasteiger partial charge in [-0.15, -0.1) is 0 Å². The highest BCUT2D eigenvalue weighted by atomic mass is 32.2. The first kappa shape index (κ1) is 14.8. The molecular formula is C13H18N2O4S. The second kappa shape index (κ2) is 5.80. The third-order valence-corrected chi connectivity index (χ3v) is 4.64. The number of aryl methyl sites for hydroxylation is 1. The third-order valence-electron chi connectivity index (χ3n) is 3.22. The van der Waals surface area contributed by atoms with Gasteiger partial charge < -0.3 is 10.1 Å². The Bertz CT molecular complexity index is 583. The van der Waals surface area contributed by atoms with Crippen LogP contribution >= 0.6 is 0 Å². The molecule has 6 nitrogen and oxygen atoms in total. The smallest absolute Gasteiger partial charge is 0.407 e. The quantitative estimate of drug-likeness (QED) is 0.871. The molecule has 0 bridgehead atoms. The van der Waals surface area contributed by atoms with Crippen LogP contribution in [-0.2, 0) is 14.8 Å². The molecule has 2 atom stereocenters. The van der Waals surface area contributed by atoms with Crippen LogP contribution < -0.4 is 10.0 Å². The minimum Gasteiger partial charge on any atom is -0.448 e. The van der Waals surface area contributed by atoms with Crippen LogP contribution in [0.1, 0.15) is 24.1 Å². The van der Waals surface area contributed by atoms with Gasteiger partial charge in [-0.1, -0.05) is 29.8 Å². The van der Waals surface area contributed by atoms with Crippen molar-refractivity contribution < 1.29 is 17.9 Å². The van der Waals surface area contributed by atoms with E-state index in [4.69, 9.17) is 4.74 Å². The van der Waals surface area contributed by atoms with Crippen molar-refractivity contribution in [1.82, 2.24) is 10.0 Å². The van der Waals surface area contributed by atoms with Crippen LogP contribution in [0.3, 0.4) is 0 Å². The van der Waals surface area contributed by atoms with Gasteiger partial charge in [-0.05, 0) is 19.4 Å². The molecule has 0 saturated carbocycles. The van der Waals surface area contributed by atoms with E-state index in [-0.39, 0.29) is 12.4 Å². The van der Waals surface area contributed by atoms with Crippen molar-refractivity contribution in [3.63, 3.8) is 0 Å². The summed E-state index contributed by atoms with van der Waals surface area (Å²) in [5, 5.41) is 2.66. The van der Waals surface area contributed by atoms with Crippen molar-refractivity contribution in [3.05, 3.63) is 35.4 Å². The molecule has 1 aliphatic rings. The maximum Gasteiger partial charge on any atom is 0.407 e. The van der Waals surface area contributed by atoms with E-state index in [1.165, 1.54) is 0 Å². The summed E-state index contributed by atoms with van der Waals surface area (Å²) in [6.45, 7) is 3.54. The molecule has 2 unspecified atom stereocenters. The van der Waals surface area contributed by atoms with Gasteiger partial charge in [0.2, 0.25) is 10.0 Å².